The molecule has 19 heavy (non-hydrogen) atoms. The van der Waals surface area contributed by atoms with Crippen molar-refractivity contribution in [2.75, 3.05) is 7.11 Å². The number of nitrogens with two attached hydrogens (primary N) is 1. The third kappa shape index (κ3) is 3.09. The predicted molar refractivity (Wildman–Crippen MR) is 80.0 cm³/mol. The van der Waals surface area contributed by atoms with E-state index in [9.17, 15) is 0 Å². The summed E-state index contributed by atoms with van der Waals surface area (Å²) in [6.07, 6.45) is 0. The zero-order valence-corrected chi connectivity index (χ0v) is 12.2. The molecule has 0 amide bonds. The number of aryl methyl sites for hydroxylation is 2. The molecule has 0 bridgehead atoms. The second kappa shape index (κ2) is 5.64. The molecule has 0 fully saturated rings. The zero-order chi connectivity index (χ0) is 14.0. The van der Waals surface area contributed by atoms with Crippen LogP contribution in [-0.4, -0.2) is 7.11 Å². The Labute approximate surface area is 119 Å². The molecule has 0 aliphatic carbocycles. The average molecular weight is 276 g/mol. The largest absolute Gasteiger partial charge is 0.496 e. The van der Waals surface area contributed by atoms with Crippen LogP contribution in [0.1, 0.15) is 28.3 Å². The third-order valence-electron chi connectivity index (χ3n) is 3.13. The van der Waals surface area contributed by atoms with Crippen LogP contribution in [0, 0.1) is 13.8 Å². The van der Waals surface area contributed by atoms with Gasteiger partial charge in [-0.2, -0.15) is 0 Å². The van der Waals surface area contributed by atoms with Gasteiger partial charge in [-0.1, -0.05) is 40.9 Å². The van der Waals surface area contributed by atoms with E-state index < -0.39 is 0 Å². The first-order chi connectivity index (χ1) is 9.01. The number of methoxy groups -OCH3 is 1. The van der Waals surface area contributed by atoms with Crippen LogP contribution in [0.2, 0.25) is 5.02 Å². The summed E-state index contributed by atoms with van der Waals surface area (Å²) in [7, 11) is 1.64. The van der Waals surface area contributed by atoms with Gasteiger partial charge in [0.25, 0.3) is 0 Å². The van der Waals surface area contributed by atoms with Crippen molar-refractivity contribution >= 4 is 11.6 Å². The fourth-order valence-corrected chi connectivity index (χ4v) is 2.50. The number of halogens is 1. The van der Waals surface area contributed by atoms with E-state index in [4.69, 9.17) is 22.1 Å². The summed E-state index contributed by atoms with van der Waals surface area (Å²) in [5, 5.41) is 0.663. The van der Waals surface area contributed by atoms with E-state index in [0.29, 0.717) is 5.02 Å². The van der Waals surface area contributed by atoms with Gasteiger partial charge in [0.2, 0.25) is 0 Å². The van der Waals surface area contributed by atoms with E-state index in [0.717, 1.165) is 16.9 Å². The highest BCUT2D eigenvalue weighted by molar-refractivity contribution is 6.30. The van der Waals surface area contributed by atoms with Gasteiger partial charge in [-0.25, -0.2) is 0 Å². The van der Waals surface area contributed by atoms with Crippen molar-refractivity contribution in [2.45, 2.75) is 19.9 Å². The molecule has 2 nitrogen and oxygen atoms in total. The topological polar surface area (TPSA) is 35.2 Å². The number of hydrogen-bond donors (Lipinski definition) is 1. The van der Waals surface area contributed by atoms with Crippen LogP contribution < -0.4 is 10.5 Å². The first-order valence-corrected chi connectivity index (χ1v) is 6.56. The van der Waals surface area contributed by atoms with Crippen LogP contribution >= 0.6 is 11.6 Å². The maximum Gasteiger partial charge on any atom is 0.124 e. The summed E-state index contributed by atoms with van der Waals surface area (Å²) < 4.78 is 5.36. The molecular formula is C16H18ClNO. The fraction of sp³-hybridized carbons (Fsp3) is 0.250. The van der Waals surface area contributed by atoms with Crippen LogP contribution in [0.4, 0.5) is 0 Å². The van der Waals surface area contributed by atoms with Crippen molar-refractivity contribution in [2.24, 2.45) is 5.73 Å². The SMILES string of the molecule is COc1ccc(Cl)cc1C(N)c1cc(C)cc(C)c1. The van der Waals surface area contributed by atoms with Crippen molar-refractivity contribution in [1.82, 2.24) is 0 Å². The van der Waals surface area contributed by atoms with Gasteiger partial charge in [0, 0.05) is 10.6 Å². The van der Waals surface area contributed by atoms with Crippen molar-refractivity contribution in [3.8, 4) is 5.75 Å². The fourth-order valence-electron chi connectivity index (χ4n) is 2.32. The molecule has 0 heterocycles. The molecule has 3 heteroatoms. The number of ether oxygens (including phenoxy) is 1. The van der Waals surface area contributed by atoms with E-state index >= 15 is 0 Å². The van der Waals surface area contributed by atoms with E-state index in [1.807, 2.05) is 12.1 Å². The lowest BCUT2D eigenvalue weighted by atomic mass is 9.96. The Bertz CT molecular complexity index is 575. The smallest absolute Gasteiger partial charge is 0.124 e. The molecular weight excluding hydrogens is 258 g/mol. The minimum absolute atomic E-state index is 0.243. The predicted octanol–water partition coefficient (Wildman–Crippen LogP) is 4.01. The van der Waals surface area contributed by atoms with Crippen molar-refractivity contribution in [1.29, 1.82) is 0 Å². The molecule has 2 rings (SSSR count). The average Bonchev–Trinajstić information content (AvgIpc) is 2.36. The standard InChI is InChI=1S/C16H18ClNO/c1-10-6-11(2)8-12(7-10)16(18)14-9-13(17)4-5-15(14)19-3/h4-9,16H,18H2,1-3H3. The summed E-state index contributed by atoms with van der Waals surface area (Å²) in [6.45, 7) is 4.14. The monoisotopic (exact) mass is 275 g/mol. The van der Waals surface area contributed by atoms with Crippen LogP contribution in [0.5, 0.6) is 5.75 Å². The Balaban J connectivity index is 2.48. The summed E-state index contributed by atoms with van der Waals surface area (Å²) in [5.74, 6) is 0.760. The van der Waals surface area contributed by atoms with Crippen LogP contribution in [0.25, 0.3) is 0 Å². The van der Waals surface area contributed by atoms with E-state index in [2.05, 4.69) is 32.0 Å². The van der Waals surface area contributed by atoms with Gasteiger partial charge in [-0.05, 0) is 37.6 Å². The Morgan fingerprint density at radius 3 is 2.26 bits per heavy atom. The molecule has 2 aromatic rings. The van der Waals surface area contributed by atoms with Crippen LogP contribution in [0.15, 0.2) is 36.4 Å². The van der Waals surface area contributed by atoms with Crippen LogP contribution in [-0.2, 0) is 0 Å². The maximum atomic E-state index is 6.36. The van der Waals surface area contributed by atoms with Gasteiger partial charge in [0.15, 0.2) is 0 Å². The lowest BCUT2D eigenvalue weighted by Gasteiger charge is -2.17. The van der Waals surface area contributed by atoms with Crippen molar-refractivity contribution in [3.63, 3.8) is 0 Å². The number of rotatable bonds is 3. The van der Waals surface area contributed by atoms with Gasteiger partial charge >= 0.3 is 0 Å². The van der Waals surface area contributed by atoms with Gasteiger partial charge in [0.1, 0.15) is 5.75 Å². The molecule has 1 atom stereocenters. The molecule has 0 aromatic heterocycles. The third-order valence-corrected chi connectivity index (χ3v) is 3.37. The zero-order valence-electron chi connectivity index (χ0n) is 11.4. The first-order valence-electron chi connectivity index (χ1n) is 6.18. The maximum absolute atomic E-state index is 6.36. The van der Waals surface area contributed by atoms with Crippen molar-refractivity contribution < 1.29 is 4.74 Å². The lowest BCUT2D eigenvalue weighted by Crippen LogP contribution is -2.13. The lowest BCUT2D eigenvalue weighted by molar-refractivity contribution is 0.408. The number of hydrogen-bond acceptors (Lipinski definition) is 2. The highest BCUT2D eigenvalue weighted by Gasteiger charge is 2.15. The minimum atomic E-state index is -0.243. The molecule has 0 saturated heterocycles. The molecule has 0 aliphatic heterocycles. The quantitative estimate of drug-likeness (QED) is 0.918. The molecule has 100 valence electrons. The first kappa shape index (κ1) is 13.9. The van der Waals surface area contributed by atoms with Crippen LogP contribution in [0.3, 0.4) is 0 Å². The molecule has 0 radical (unpaired) electrons. The highest BCUT2D eigenvalue weighted by Crippen LogP contribution is 2.31. The van der Waals surface area contributed by atoms with E-state index in [1.165, 1.54) is 11.1 Å². The Hall–Kier alpha value is -1.51. The van der Waals surface area contributed by atoms with Gasteiger partial charge in [-0.3, -0.25) is 0 Å². The summed E-state index contributed by atoms with van der Waals surface area (Å²) in [6, 6.07) is 11.6. The minimum Gasteiger partial charge on any atom is -0.496 e. The molecule has 2 N–H and O–H groups in total. The summed E-state index contributed by atoms with van der Waals surface area (Å²) in [4.78, 5) is 0. The summed E-state index contributed by atoms with van der Waals surface area (Å²) >= 11 is 6.06. The number of benzene rings is 2. The van der Waals surface area contributed by atoms with Gasteiger partial charge in [0.05, 0.1) is 13.2 Å². The van der Waals surface area contributed by atoms with E-state index in [1.54, 1.807) is 13.2 Å². The van der Waals surface area contributed by atoms with Gasteiger partial charge < -0.3 is 10.5 Å². The normalized spacial score (nSPS) is 12.3. The molecule has 1 unspecified atom stereocenters. The highest BCUT2D eigenvalue weighted by atomic mass is 35.5. The molecule has 2 aromatic carbocycles. The summed E-state index contributed by atoms with van der Waals surface area (Å²) in [5.41, 5.74) is 10.7. The molecule has 0 aliphatic rings. The Morgan fingerprint density at radius 1 is 1.05 bits per heavy atom. The second-order valence-corrected chi connectivity index (χ2v) is 5.22. The second-order valence-electron chi connectivity index (χ2n) is 4.78. The van der Waals surface area contributed by atoms with Gasteiger partial charge in [-0.15, -0.1) is 0 Å². The molecule has 0 saturated carbocycles. The van der Waals surface area contributed by atoms with Crippen molar-refractivity contribution in [3.05, 3.63) is 63.7 Å². The van der Waals surface area contributed by atoms with E-state index in [-0.39, 0.29) is 6.04 Å². The Kier molecular flexibility index (Phi) is 4.13. The Morgan fingerprint density at radius 2 is 1.68 bits per heavy atom. The molecule has 0 spiro atoms.